The molecule has 1 aliphatic rings. The number of phenols is 1. The summed E-state index contributed by atoms with van der Waals surface area (Å²) in [5.74, 6) is -0.461. The fourth-order valence-electron chi connectivity index (χ4n) is 2.47. The molecule has 124 valence electrons. The third-order valence-electron chi connectivity index (χ3n) is 3.57. The normalized spacial score (nSPS) is 13.2. The lowest BCUT2D eigenvalue weighted by atomic mass is 10.2. The molecule has 1 heterocycles. The van der Waals surface area contributed by atoms with Gasteiger partial charge in [-0.3, -0.25) is 4.79 Å². The van der Waals surface area contributed by atoms with Crippen molar-refractivity contribution in [1.29, 1.82) is 0 Å². The standard InChI is InChI=1S/C17H15ClN2O4/c1-10-2-4-12(14(21)6-10)19-16(22)8-20-9-17(23)24-15-5-3-11(18)7-13(15)20/h2-7,21H,8-9H2,1H3,(H,19,22). The highest BCUT2D eigenvalue weighted by Crippen LogP contribution is 2.34. The molecule has 0 radical (unpaired) electrons. The van der Waals surface area contributed by atoms with Gasteiger partial charge in [-0.05, 0) is 42.8 Å². The van der Waals surface area contributed by atoms with Crippen molar-refractivity contribution in [1.82, 2.24) is 0 Å². The SMILES string of the molecule is Cc1ccc(NC(=O)CN2CC(=O)Oc3ccc(Cl)cc32)c(O)c1. The molecule has 0 unspecified atom stereocenters. The fourth-order valence-corrected chi connectivity index (χ4v) is 2.64. The molecule has 0 saturated carbocycles. The molecule has 6 nitrogen and oxygen atoms in total. The quantitative estimate of drug-likeness (QED) is 0.507. The number of carbonyl (C=O) groups is 2. The number of nitrogens with one attached hydrogen (secondary N) is 1. The first-order chi connectivity index (χ1) is 11.4. The van der Waals surface area contributed by atoms with E-state index in [1.165, 1.54) is 0 Å². The molecule has 7 heteroatoms. The van der Waals surface area contributed by atoms with Gasteiger partial charge in [0.05, 0.1) is 17.9 Å². The number of nitrogens with zero attached hydrogens (tertiary/aromatic N) is 1. The van der Waals surface area contributed by atoms with Crippen molar-refractivity contribution >= 4 is 34.9 Å². The highest BCUT2D eigenvalue weighted by Gasteiger charge is 2.26. The van der Waals surface area contributed by atoms with Crippen molar-refractivity contribution in [2.75, 3.05) is 23.3 Å². The van der Waals surface area contributed by atoms with Crippen LogP contribution in [0.25, 0.3) is 0 Å². The molecule has 0 atom stereocenters. The Kier molecular flexibility index (Phi) is 4.31. The lowest BCUT2D eigenvalue weighted by Crippen LogP contribution is -2.41. The van der Waals surface area contributed by atoms with Gasteiger partial charge in [-0.15, -0.1) is 0 Å². The Morgan fingerprint density at radius 2 is 2.12 bits per heavy atom. The molecule has 0 bridgehead atoms. The first-order valence-electron chi connectivity index (χ1n) is 7.27. The number of carbonyl (C=O) groups excluding carboxylic acids is 2. The summed E-state index contributed by atoms with van der Waals surface area (Å²) in [6.45, 7) is 1.71. The Morgan fingerprint density at radius 3 is 2.88 bits per heavy atom. The molecule has 0 fully saturated rings. The second-order valence-electron chi connectivity index (χ2n) is 5.51. The van der Waals surface area contributed by atoms with E-state index in [-0.39, 0.29) is 24.7 Å². The van der Waals surface area contributed by atoms with E-state index in [0.29, 0.717) is 22.1 Å². The van der Waals surface area contributed by atoms with E-state index < -0.39 is 5.97 Å². The van der Waals surface area contributed by atoms with E-state index in [4.69, 9.17) is 16.3 Å². The molecule has 2 aromatic carbocycles. The Bertz CT molecular complexity index is 822. The Morgan fingerprint density at radius 1 is 1.33 bits per heavy atom. The second-order valence-corrected chi connectivity index (χ2v) is 5.95. The first kappa shape index (κ1) is 16.1. The number of anilines is 2. The van der Waals surface area contributed by atoms with Crippen molar-refractivity contribution in [3.63, 3.8) is 0 Å². The van der Waals surface area contributed by atoms with Crippen LogP contribution in [-0.2, 0) is 9.59 Å². The number of hydrogen-bond donors (Lipinski definition) is 2. The number of hydrogen-bond acceptors (Lipinski definition) is 5. The smallest absolute Gasteiger partial charge is 0.331 e. The summed E-state index contributed by atoms with van der Waals surface area (Å²) in [7, 11) is 0. The van der Waals surface area contributed by atoms with Crippen LogP contribution in [-0.4, -0.2) is 30.1 Å². The van der Waals surface area contributed by atoms with Gasteiger partial charge in [-0.2, -0.15) is 0 Å². The van der Waals surface area contributed by atoms with E-state index >= 15 is 0 Å². The van der Waals surface area contributed by atoms with Gasteiger partial charge in [0.25, 0.3) is 0 Å². The highest BCUT2D eigenvalue weighted by molar-refractivity contribution is 6.31. The molecule has 0 saturated heterocycles. The van der Waals surface area contributed by atoms with Gasteiger partial charge in [-0.25, -0.2) is 4.79 Å². The first-order valence-corrected chi connectivity index (χ1v) is 7.65. The topological polar surface area (TPSA) is 78.9 Å². The van der Waals surface area contributed by atoms with Crippen molar-refractivity contribution in [3.8, 4) is 11.5 Å². The Hall–Kier alpha value is -2.73. The van der Waals surface area contributed by atoms with Crippen LogP contribution in [0.3, 0.4) is 0 Å². The summed E-state index contributed by atoms with van der Waals surface area (Å²) >= 11 is 5.98. The number of benzene rings is 2. The van der Waals surface area contributed by atoms with Crippen LogP contribution < -0.4 is 15.0 Å². The van der Waals surface area contributed by atoms with Crippen LogP contribution in [0.5, 0.6) is 11.5 Å². The summed E-state index contributed by atoms with van der Waals surface area (Å²) in [6, 6.07) is 9.80. The lowest BCUT2D eigenvalue weighted by Gasteiger charge is -2.29. The minimum Gasteiger partial charge on any atom is -0.506 e. The van der Waals surface area contributed by atoms with Crippen LogP contribution in [0.1, 0.15) is 5.56 Å². The number of aryl methyl sites for hydroxylation is 1. The molecule has 24 heavy (non-hydrogen) atoms. The predicted molar refractivity (Wildman–Crippen MR) is 90.8 cm³/mol. The molecule has 1 amide bonds. The molecular weight excluding hydrogens is 332 g/mol. The Balaban J connectivity index is 1.77. The van der Waals surface area contributed by atoms with E-state index in [9.17, 15) is 14.7 Å². The monoisotopic (exact) mass is 346 g/mol. The highest BCUT2D eigenvalue weighted by atomic mass is 35.5. The van der Waals surface area contributed by atoms with Crippen LogP contribution in [0.4, 0.5) is 11.4 Å². The lowest BCUT2D eigenvalue weighted by molar-refractivity contribution is -0.133. The van der Waals surface area contributed by atoms with Gasteiger partial charge in [0.15, 0.2) is 5.75 Å². The van der Waals surface area contributed by atoms with Gasteiger partial charge in [0.2, 0.25) is 5.91 Å². The second kappa shape index (κ2) is 6.41. The zero-order chi connectivity index (χ0) is 17.3. The van der Waals surface area contributed by atoms with Crippen LogP contribution in [0, 0.1) is 6.92 Å². The number of rotatable bonds is 3. The molecule has 3 rings (SSSR count). The average molecular weight is 347 g/mol. The van der Waals surface area contributed by atoms with Crippen LogP contribution in [0.2, 0.25) is 5.02 Å². The molecule has 2 N–H and O–H groups in total. The van der Waals surface area contributed by atoms with Gasteiger partial charge < -0.3 is 20.1 Å². The number of halogens is 1. The summed E-state index contributed by atoms with van der Waals surface area (Å²) in [6.07, 6.45) is 0. The molecule has 1 aliphatic heterocycles. The number of fused-ring (bicyclic) bond motifs is 1. The largest absolute Gasteiger partial charge is 0.506 e. The maximum absolute atomic E-state index is 12.3. The molecule has 0 spiro atoms. The van der Waals surface area contributed by atoms with Crippen LogP contribution in [0.15, 0.2) is 36.4 Å². The Labute approximate surface area is 143 Å². The van der Waals surface area contributed by atoms with Gasteiger partial charge in [-0.1, -0.05) is 17.7 Å². The number of ether oxygens (including phenoxy) is 1. The van der Waals surface area contributed by atoms with E-state index in [2.05, 4.69) is 5.32 Å². The summed E-state index contributed by atoms with van der Waals surface area (Å²) < 4.78 is 5.14. The maximum Gasteiger partial charge on any atom is 0.331 e. The fraction of sp³-hybridized carbons (Fsp3) is 0.176. The van der Waals surface area contributed by atoms with Crippen molar-refractivity contribution in [2.24, 2.45) is 0 Å². The molecule has 0 aromatic heterocycles. The van der Waals surface area contributed by atoms with Crippen molar-refractivity contribution in [3.05, 3.63) is 47.0 Å². The van der Waals surface area contributed by atoms with Crippen molar-refractivity contribution < 1.29 is 19.4 Å². The minimum atomic E-state index is -0.448. The van der Waals surface area contributed by atoms with Gasteiger partial charge >= 0.3 is 5.97 Å². The predicted octanol–water partition coefficient (Wildman–Crippen LogP) is 2.72. The van der Waals surface area contributed by atoms with E-state index in [1.54, 1.807) is 41.3 Å². The summed E-state index contributed by atoms with van der Waals surface area (Å²) in [5.41, 5.74) is 1.77. The minimum absolute atomic E-state index is 0.00940. The van der Waals surface area contributed by atoms with E-state index in [1.807, 2.05) is 6.92 Å². The molecule has 0 aliphatic carbocycles. The summed E-state index contributed by atoms with van der Waals surface area (Å²) in [5, 5.41) is 13.0. The zero-order valence-corrected chi connectivity index (χ0v) is 13.6. The van der Waals surface area contributed by atoms with Gasteiger partial charge in [0, 0.05) is 5.02 Å². The number of phenolic OH excluding ortho intramolecular Hbond substituents is 1. The summed E-state index contributed by atoms with van der Waals surface area (Å²) in [4.78, 5) is 25.5. The van der Waals surface area contributed by atoms with E-state index in [0.717, 1.165) is 5.56 Å². The van der Waals surface area contributed by atoms with Crippen molar-refractivity contribution in [2.45, 2.75) is 6.92 Å². The van der Waals surface area contributed by atoms with Gasteiger partial charge in [0.1, 0.15) is 12.3 Å². The number of aromatic hydroxyl groups is 1. The third-order valence-corrected chi connectivity index (χ3v) is 3.80. The average Bonchev–Trinajstić information content (AvgIpc) is 2.51. The third kappa shape index (κ3) is 3.44. The zero-order valence-electron chi connectivity index (χ0n) is 12.9. The number of amides is 1. The van der Waals surface area contributed by atoms with Crippen LogP contribution >= 0.6 is 11.6 Å². The number of esters is 1. The molecular formula is C17H15ClN2O4. The maximum atomic E-state index is 12.3. The molecule has 2 aromatic rings.